The van der Waals surface area contributed by atoms with Gasteiger partial charge in [0.15, 0.2) is 0 Å². The second kappa shape index (κ2) is 6.65. The number of hydrogen-bond acceptors (Lipinski definition) is 4. The molecule has 0 atom stereocenters. The van der Waals surface area contributed by atoms with Gasteiger partial charge in [-0.05, 0) is 49.4 Å². The van der Waals surface area contributed by atoms with E-state index in [1.165, 1.54) is 19.2 Å². The van der Waals surface area contributed by atoms with Gasteiger partial charge in [-0.3, -0.25) is 4.79 Å². The summed E-state index contributed by atoms with van der Waals surface area (Å²) < 4.78 is 32.9. The van der Waals surface area contributed by atoms with Gasteiger partial charge in [-0.1, -0.05) is 30.3 Å². The van der Waals surface area contributed by atoms with Crippen LogP contribution in [0.1, 0.15) is 31.2 Å². The number of anilines is 1. The van der Waals surface area contributed by atoms with Gasteiger partial charge < -0.3 is 10.1 Å². The molecule has 2 saturated carbocycles. The van der Waals surface area contributed by atoms with Crippen LogP contribution in [-0.2, 0) is 20.2 Å². The Morgan fingerprint density at radius 1 is 1.11 bits per heavy atom. The quantitative estimate of drug-likeness (QED) is 0.766. The molecule has 2 fully saturated rings. The highest BCUT2D eigenvalue weighted by molar-refractivity contribution is 7.89. The van der Waals surface area contributed by atoms with Crippen LogP contribution in [-0.4, -0.2) is 27.5 Å². The molecule has 0 bridgehead atoms. The summed E-state index contributed by atoms with van der Waals surface area (Å²) >= 11 is 0. The third-order valence-corrected chi connectivity index (χ3v) is 6.66. The standard InChI is InChI=1S/C20H22N2O4S/c1-26-18-10-9-16(27(24,25)22-15-7-8-15)13-17(18)21-19(23)20(11-12-20)14-5-3-2-4-6-14/h2-6,9-10,13,15,22H,7-8,11-12H2,1H3,(H,21,23). The fourth-order valence-corrected chi connectivity index (χ4v) is 4.54. The molecule has 2 aromatic rings. The molecule has 4 rings (SSSR count). The second-order valence-corrected chi connectivity index (χ2v) is 8.87. The molecule has 0 aliphatic heterocycles. The molecular formula is C20H22N2O4S. The van der Waals surface area contributed by atoms with E-state index in [4.69, 9.17) is 4.74 Å². The first-order chi connectivity index (χ1) is 12.9. The Bertz CT molecular complexity index is 965. The van der Waals surface area contributed by atoms with Crippen molar-refractivity contribution in [1.82, 2.24) is 4.72 Å². The normalized spacial score (nSPS) is 18.0. The fourth-order valence-electron chi connectivity index (χ4n) is 3.21. The van der Waals surface area contributed by atoms with E-state index < -0.39 is 15.4 Å². The minimum absolute atomic E-state index is 0.0166. The third kappa shape index (κ3) is 3.57. The van der Waals surface area contributed by atoms with Crippen molar-refractivity contribution in [2.75, 3.05) is 12.4 Å². The van der Waals surface area contributed by atoms with Gasteiger partial charge in [0.25, 0.3) is 0 Å². The number of sulfonamides is 1. The SMILES string of the molecule is COc1ccc(S(=O)(=O)NC2CC2)cc1NC(=O)C1(c2ccccc2)CC1. The molecule has 0 saturated heterocycles. The van der Waals surface area contributed by atoms with Gasteiger partial charge in [0.05, 0.1) is 23.1 Å². The predicted octanol–water partition coefficient (Wildman–Crippen LogP) is 2.81. The summed E-state index contributed by atoms with van der Waals surface area (Å²) in [6, 6.07) is 14.2. The lowest BCUT2D eigenvalue weighted by Gasteiger charge is -2.18. The van der Waals surface area contributed by atoms with Crippen molar-refractivity contribution in [3.05, 3.63) is 54.1 Å². The van der Waals surface area contributed by atoms with Crippen molar-refractivity contribution < 1.29 is 17.9 Å². The molecule has 0 aromatic heterocycles. The van der Waals surface area contributed by atoms with Crippen LogP contribution in [0.5, 0.6) is 5.75 Å². The number of nitrogens with one attached hydrogen (secondary N) is 2. The van der Waals surface area contributed by atoms with Crippen molar-refractivity contribution in [3.8, 4) is 5.75 Å². The molecule has 2 aliphatic rings. The monoisotopic (exact) mass is 386 g/mol. The number of carbonyl (C=O) groups is 1. The summed E-state index contributed by atoms with van der Waals surface area (Å²) in [4.78, 5) is 13.1. The molecule has 0 heterocycles. The van der Waals surface area contributed by atoms with Gasteiger partial charge in [0.2, 0.25) is 15.9 Å². The van der Waals surface area contributed by atoms with E-state index in [0.29, 0.717) is 11.4 Å². The molecule has 27 heavy (non-hydrogen) atoms. The van der Waals surface area contributed by atoms with E-state index >= 15 is 0 Å². The van der Waals surface area contributed by atoms with E-state index in [1.807, 2.05) is 30.3 Å². The summed E-state index contributed by atoms with van der Waals surface area (Å²) in [5, 5.41) is 2.89. The number of hydrogen-bond donors (Lipinski definition) is 2. The lowest BCUT2D eigenvalue weighted by molar-refractivity contribution is -0.118. The van der Waals surface area contributed by atoms with Crippen LogP contribution in [0.3, 0.4) is 0 Å². The summed E-state index contributed by atoms with van der Waals surface area (Å²) in [5.41, 5.74) is 0.789. The topological polar surface area (TPSA) is 84.5 Å². The highest BCUT2D eigenvalue weighted by atomic mass is 32.2. The molecule has 2 N–H and O–H groups in total. The Kier molecular flexibility index (Phi) is 4.44. The van der Waals surface area contributed by atoms with Crippen LogP contribution in [0, 0.1) is 0 Å². The Hall–Kier alpha value is -2.38. The summed E-state index contributed by atoms with van der Waals surface area (Å²) in [6.45, 7) is 0. The molecule has 7 heteroatoms. The number of methoxy groups -OCH3 is 1. The number of ether oxygens (including phenoxy) is 1. The third-order valence-electron chi connectivity index (χ3n) is 5.14. The minimum atomic E-state index is -3.61. The van der Waals surface area contributed by atoms with Crippen LogP contribution in [0.2, 0.25) is 0 Å². The number of amides is 1. The Labute approximate surface area is 159 Å². The largest absolute Gasteiger partial charge is 0.495 e. The lowest BCUT2D eigenvalue weighted by Crippen LogP contribution is -2.28. The average Bonchev–Trinajstić information content (AvgIpc) is 3.57. The zero-order chi connectivity index (χ0) is 19.1. The van der Waals surface area contributed by atoms with E-state index in [1.54, 1.807) is 6.07 Å². The molecule has 2 aromatic carbocycles. The average molecular weight is 386 g/mol. The molecule has 0 spiro atoms. The predicted molar refractivity (Wildman–Crippen MR) is 102 cm³/mol. The number of benzene rings is 2. The van der Waals surface area contributed by atoms with Gasteiger partial charge in [-0.25, -0.2) is 13.1 Å². The summed E-state index contributed by atoms with van der Waals surface area (Å²) in [7, 11) is -2.12. The van der Waals surface area contributed by atoms with E-state index in [9.17, 15) is 13.2 Å². The van der Waals surface area contributed by atoms with Crippen molar-refractivity contribution in [1.29, 1.82) is 0 Å². The van der Waals surface area contributed by atoms with E-state index in [-0.39, 0.29) is 16.8 Å². The maximum Gasteiger partial charge on any atom is 0.240 e. The highest BCUT2D eigenvalue weighted by Crippen LogP contribution is 2.49. The number of carbonyl (C=O) groups excluding carboxylic acids is 1. The van der Waals surface area contributed by atoms with Crippen LogP contribution in [0.15, 0.2) is 53.4 Å². The minimum Gasteiger partial charge on any atom is -0.495 e. The van der Waals surface area contributed by atoms with Gasteiger partial charge in [0, 0.05) is 6.04 Å². The molecule has 0 unspecified atom stereocenters. The Morgan fingerprint density at radius 2 is 1.81 bits per heavy atom. The maximum absolute atomic E-state index is 13.0. The van der Waals surface area contributed by atoms with E-state index in [0.717, 1.165) is 31.2 Å². The van der Waals surface area contributed by atoms with Crippen LogP contribution in [0.4, 0.5) is 5.69 Å². The van der Waals surface area contributed by atoms with Crippen molar-refractivity contribution >= 4 is 21.6 Å². The van der Waals surface area contributed by atoms with Crippen molar-refractivity contribution in [2.24, 2.45) is 0 Å². The number of rotatable bonds is 7. The Morgan fingerprint density at radius 3 is 2.41 bits per heavy atom. The smallest absolute Gasteiger partial charge is 0.240 e. The molecule has 1 amide bonds. The first-order valence-corrected chi connectivity index (χ1v) is 10.5. The second-order valence-electron chi connectivity index (χ2n) is 7.16. The molecule has 2 aliphatic carbocycles. The zero-order valence-electron chi connectivity index (χ0n) is 15.1. The maximum atomic E-state index is 13.0. The van der Waals surface area contributed by atoms with Crippen molar-refractivity contribution in [2.45, 2.75) is 42.0 Å². The van der Waals surface area contributed by atoms with Crippen LogP contribution >= 0.6 is 0 Å². The van der Waals surface area contributed by atoms with Gasteiger partial charge >= 0.3 is 0 Å². The van der Waals surface area contributed by atoms with Crippen LogP contribution in [0.25, 0.3) is 0 Å². The molecular weight excluding hydrogens is 364 g/mol. The zero-order valence-corrected chi connectivity index (χ0v) is 15.9. The highest BCUT2D eigenvalue weighted by Gasteiger charge is 2.51. The summed E-state index contributed by atoms with van der Waals surface area (Å²) in [6.07, 6.45) is 3.26. The first kappa shape index (κ1) is 18.0. The molecule has 142 valence electrons. The summed E-state index contributed by atoms with van der Waals surface area (Å²) in [5.74, 6) is 0.286. The van der Waals surface area contributed by atoms with Gasteiger partial charge in [-0.2, -0.15) is 0 Å². The Balaban J connectivity index is 1.61. The van der Waals surface area contributed by atoms with Gasteiger partial charge in [-0.15, -0.1) is 0 Å². The first-order valence-electron chi connectivity index (χ1n) is 9.02. The van der Waals surface area contributed by atoms with Gasteiger partial charge in [0.1, 0.15) is 5.75 Å². The fraction of sp³-hybridized carbons (Fsp3) is 0.350. The molecule has 0 radical (unpaired) electrons. The van der Waals surface area contributed by atoms with E-state index in [2.05, 4.69) is 10.0 Å². The van der Waals surface area contributed by atoms with Crippen molar-refractivity contribution in [3.63, 3.8) is 0 Å². The lowest BCUT2D eigenvalue weighted by atomic mass is 9.95. The molecule has 6 nitrogen and oxygen atoms in total. The van der Waals surface area contributed by atoms with Crippen LogP contribution < -0.4 is 14.8 Å².